The summed E-state index contributed by atoms with van der Waals surface area (Å²) in [7, 11) is 0. The van der Waals surface area contributed by atoms with E-state index in [1.807, 2.05) is 0 Å². The van der Waals surface area contributed by atoms with Crippen molar-refractivity contribution in [3.05, 3.63) is 29.6 Å². The summed E-state index contributed by atoms with van der Waals surface area (Å²) in [6.07, 6.45) is 0. The molecule has 1 rings (SSSR count). The van der Waals surface area contributed by atoms with Crippen molar-refractivity contribution in [1.29, 1.82) is 0 Å². The first-order chi connectivity index (χ1) is 7.27. The van der Waals surface area contributed by atoms with Crippen LogP contribution in [0.4, 0.5) is 4.39 Å². The Bertz CT molecular complexity index is 307. The van der Waals surface area contributed by atoms with Gasteiger partial charge in [-0.2, -0.15) is 11.8 Å². The van der Waals surface area contributed by atoms with Crippen LogP contribution in [0.3, 0.4) is 0 Å². The molecule has 0 N–H and O–H groups in total. The SMILES string of the molecule is CCSCCOc1ccc(CCl)cc1F. The van der Waals surface area contributed by atoms with Crippen LogP contribution in [0.1, 0.15) is 12.5 Å². The van der Waals surface area contributed by atoms with E-state index in [0.29, 0.717) is 18.2 Å². The summed E-state index contributed by atoms with van der Waals surface area (Å²) in [5.41, 5.74) is 0.768. The second kappa shape index (κ2) is 6.96. The molecule has 4 heteroatoms. The lowest BCUT2D eigenvalue weighted by atomic mass is 10.2. The Hall–Kier alpha value is -0.410. The first-order valence-corrected chi connectivity index (χ1v) is 6.51. The Morgan fingerprint density at radius 3 is 2.87 bits per heavy atom. The van der Waals surface area contributed by atoms with Crippen molar-refractivity contribution in [2.75, 3.05) is 18.1 Å². The van der Waals surface area contributed by atoms with Gasteiger partial charge in [-0.15, -0.1) is 11.6 Å². The van der Waals surface area contributed by atoms with E-state index in [4.69, 9.17) is 16.3 Å². The molecule has 0 fully saturated rings. The number of hydrogen-bond acceptors (Lipinski definition) is 2. The van der Waals surface area contributed by atoms with Gasteiger partial charge in [-0.3, -0.25) is 0 Å². The lowest BCUT2D eigenvalue weighted by Gasteiger charge is -2.07. The third-order valence-electron chi connectivity index (χ3n) is 1.84. The van der Waals surface area contributed by atoms with E-state index in [-0.39, 0.29) is 5.82 Å². The summed E-state index contributed by atoms with van der Waals surface area (Å²) in [6.45, 7) is 2.62. The number of ether oxygens (including phenoxy) is 1. The first kappa shape index (κ1) is 12.7. The van der Waals surface area contributed by atoms with Crippen LogP contribution in [0.15, 0.2) is 18.2 Å². The standard InChI is InChI=1S/C11H14ClFOS/c1-2-15-6-5-14-11-4-3-9(8-12)7-10(11)13/h3-4,7H,2,5-6,8H2,1H3. The van der Waals surface area contributed by atoms with Crippen LogP contribution in [-0.4, -0.2) is 18.1 Å². The van der Waals surface area contributed by atoms with E-state index in [9.17, 15) is 4.39 Å². The molecule has 0 radical (unpaired) electrons. The largest absolute Gasteiger partial charge is 0.490 e. The highest BCUT2D eigenvalue weighted by molar-refractivity contribution is 7.99. The molecule has 0 aliphatic rings. The van der Waals surface area contributed by atoms with Crippen LogP contribution in [0.25, 0.3) is 0 Å². The minimum Gasteiger partial charge on any atom is -0.490 e. The van der Waals surface area contributed by atoms with Crippen LogP contribution in [-0.2, 0) is 5.88 Å². The van der Waals surface area contributed by atoms with Gasteiger partial charge < -0.3 is 4.74 Å². The Kier molecular flexibility index (Phi) is 5.88. The van der Waals surface area contributed by atoms with Crippen molar-refractivity contribution < 1.29 is 9.13 Å². The molecule has 0 heterocycles. The van der Waals surface area contributed by atoms with Crippen molar-refractivity contribution in [2.24, 2.45) is 0 Å². The van der Waals surface area contributed by atoms with E-state index in [1.165, 1.54) is 6.07 Å². The highest BCUT2D eigenvalue weighted by Gasteiger charge is 2.03. The molecule has 0 spiro atoms. The van der Waals surface area contributed by atoms with Crippen LogP contribution in [0.5, 0.6) is 5.75 Å². The second-order valence-electron chi connectivity index (χ2n) is 2.94. The Morgan fingerprint density at radius 1 is 1.47 bits per heavy atom. The van der Waals surface area contributed by atoms with E-state index in [0.717, 1.165) is 17.1 Å². The zero-order valence-electron chi connectivity index (χ0n) is 8.63. The predicted octanol–water partition coefficient (Wildman–Crippen LogP) is 3.70. The van der Waals surface area contributed by atoms with E-state index in [1.54, 1.807) is 23.9 Å². The van der Waals surface area contributed by atoms with Gasteiger partial charge in [-0.05, 0) is 23.4 Å². The van der Waals surface area contributed by atoms with E-state index < -0.39 is 0 Å². The summed E-state index contributed by atoms with van der Waals surface area (Å²) in [5, 5.41) is 0. The van der Waals surface area contributed by atoms with Gasteiger partial charge in [0.15, 0.2) is 11.6 Å². The molecule has 84 valence electrons. The van der Waals surface area contributed by atoms with Gasteiger partial charge >= 0.3 is 0 Å². The summed E-state index contributed by atoms with van der Waals surface area (Å²) in [5.74, 6) is 2.22. The van der Waals surface area contributed by atoms with Crippen molar-refractivity contribution >= 4 is 23.4 Å². The minimum absolute atomic E-state index is 0.306. The van der Waals surface area contributed by atoms with Gasteiger partial charge in [0.1, 0.15) is 0 Å². The fourth-order valence-corrected chi connectivity index (χ4v) is 1.76. The molecule has 0 atom stereocenters. The van der Waals surface area contributed by atoms with Crippen LogP contribution < -0.4 is 4.74 Å². The minimum atomic E-state index is -0.338. The lowest BCUT2D eigenvalue weighted by Crippen LogP contribution is -2.02. The Labute approximate surface area is 99.0 Å². The van der Waals surface area contributed by atoms with Gasteiger partial charge in [-0.25, -0.2) is 4.39 Å². The molecule has 0 saturated carbocycles. The molecule has 0 amide bonds. The second-order valence-corrected chi connectivity index (χ2v) is 4.60. The van der Waals surface area contributed by atoms with Crippen LogP contribution in [0.2, 0.25) is 0 Å². The van der Waals surface area contributed by atoms with Gasteiger partial charge in [0.05, 0.1) is 6.61 Å². The average molecular weight is 249 g/mol. The van der Waals surface area contributed by atoms with Gasteiger partial charge in [0.2, 0.25) is 0 Å². The van der Waals surface area contributed by atoms with Crippen LogP contribution >= 0.6 is 23.4 Å². The zero-order valence-corrected chi connectivity index (χ0v) is 10.2. The molecule has 1 nitrogen and oxygen atoms in total. The van der Waals surface area contributed by atoms with Crippen molar-refractivity contribution in [2.45, 2.75) is 12.8 Å². The topological polar surface area (TPSA) is 9.23 Å². The third-order valence-corrected chi connectivity index (χ3v) is 3.01. The molecule has 1 aromatic rings. The first-order valence-electron chi connectivity index (χ1n) is 4.83. The molecule has 0 unspecified atom stereocenters. The molecule has 0 aliphatic carbocycles. The normalized spacial score (nSPS) is 10.3. The number of halogens is 2. The Balaban J connectivity index is 2.47. The maximum absolute atomic E-state index is 13.4. The number of rotatable bonds is 6. The van der Waals surface area contributed by atoms with E-state index >= 15 is 0 Å². The number of benzene rings is 1. The van der Waals surface area contributed by atoms with Gasteiger partial charge in [0, 0.05) is 11.6 Å². The van der Waals surface area contributed by atoms with Crippen molar-refractivity contribution in [3.8, 4) is 5.75 Å². The smallest absolute Gasteiger partial charge is 0.165 e. The Morgan fingerprint density at radius 2 is 2.27 bits per heavy atom. The fraction of sp³-hybridized carbons (Fsp3) is 0.455. The highest BCUT2D eigenvalue weighted by Crippen LogP contribution is 2.19. The molecule has 0 aliphatic heterocycles. The molecule has 1 aromatic carbocycles. The summed E-state index contributed by atoms with van der Waals surface area (Å²) in [4.78, 5) is 0. The maximum atomic E-state index is 13.4. The average Bonchev–Trinajstić information content (AvgIpc) is 2.26. The monoisotopic (exact) mass is 248 g/mol. The highest BCUT2D eigenvalue weighted by atomic mass is 35.5. The summed E-state index contributed by atoms with van der Waals surface area (Å²) >= 11 is 7.36. The fourth-order valence-electron chi connectivity index (χ4n) is 1.10. The molecular weight excluding hydrogens is 235 g/mol. The van der Waals surface area contributed by atoms with Crippen LogP contribution in [0, 0.1) is 5.82 Å². The molecular formula is C11H14ClFOS. The van der Waals surface area contributed by atoms with Gasteiger partial charge in [0.25, 0.3) is 0 Å². The summed E-state index contributed by atoms with van der Waals surface area (Å²) < 4.78 is 18.7. The summed E-state index contributed by atoms with van der Waals surface area (Å²) in [6, 6.07) is 4.82. The van der Waals surface area contributed by atoms with Gasteiger partial charge in [-0.1, -0.05) is 13.0 Å². The van der Waals surface area contributed by atoms with E-state index in [2.05, 4.69) is 6.92 Å². The molecule has 0 bridgehead atoms. The molecule has 15 heavy (non-hydrogen) atoms. The maximum Gasteiger partial charge on any atom is 0.165 e. The number of thioether (sulfide) groups is 1. The van der Waals surface area contributed by atoms with Crippen molar-refractivity contribution in [3.63, 3.8) is 0 Å². The quantitative estimate of drug-likeness (QED) is 0.561. The lowest BCUT2D eigenvalue weighted by molar-refractivity contribution is 0.324. The number of hydrogen-bond donors (Lipinski definition) is 0. The predicted molar refractivity (Wildman–Crippen MR) is 64.5 cm³/mol. The third kappa shape index (κ3) is 4.31. The molecule has 0 saturated heterocycles. The zero-order chi connectivity index (χ0) is 11.1. The molecule has 0 aromatic heterocycles. The number of alkyl halides is 1. The van der Waals surface area contributed by atoms with Crippen molar-refractivity contribution in [1.82, 2.24) is 0 Å².